The number of rotatable bonds is 3. The fraction of sp³-hybridized carbons (Fsp3) is 0.467. The van der Waals surface area contributed by atoms with Crippen molar-refractivity contribution in [2.24, 2.45) is 0 Å². The molecular weight excluding hydrogens is 224 g/mol. The minimum absolute atomic E-state index is 0.362. The summed E-state index contributed by atoms with van der Waals surface area (Å²) in [6, 6.07) is 8.83. The van der Waals surface area contributed by atoms with Crippen molar-refractivity contribution >= 4 is 5.69 Å². The first kappa shape index (κ1) is 11.6. The van der Waals surface area contributed by atoms with Crippen LogP contribution < -0.4 is 4.90 Å². The van der Waals surface area contributed by atoms with E-state index < -0.39 is 0 Å². The van der Waals surface area contributed by atoms with E-state index in [9.17, 15) is 5.11 Å². The van der Waals surface area contributed by atoms with Crippen LogP contribution in [0.15, 0.2) is 36.9 Å². The molecule has 3 heteroatoms. The Bertz CT molecular complexity index is 432. The third-order valence-electron chi connectivity index (χ3n) is 4.07. The second-order valence-electron chi connectivity index (χ2n) is 5.32. The molecule has 2 unspecified atom stereocenters. The fourth-order valence-corrected chi connectivity index (χ4v) is 3.40. The van der Waals surface area contributed by atoms with Gasteiger partial charge in [0.2, 0.25) is 0 Å². The van der Waals surface area contributed by atoms with E-state index in [4.69, 9.17) is 0 Å². The summed E-state index contributed by atoms with van der Waals surface area (Å²) in [4.78, 5) is 4.98. The predicted octanol–water partition coefficient (Wildman–Crippen LogP) is 2.23. The van der Waals surface area contributed by atoms with Crippen LogP contribution in [0.2, 0.25) is 0 Å². The zero-order valence-corrected chi connectivity index (χ0v) is 10.6. The number of aromatic hydroxyl groups is 1. The van der Waals surface area contributed by atoms with Crippen LogP contribution in [0.25, 0.3) is 0 Å². The minimum atomic E-state index is 0.362. The monoisotopic (exact) mass is 244 g/mol. The lowest BCUT2D eigenvalue weighted by molar-refractivity contribution is 0.241. The van der Waals surface area contributed by atoms with E-state index in [1.807, 2.05) is 18.2 Å². The lowest BCUT2D eigenvalue weighted by Crippen LogP contribution is -2.53. The lowest BCUT2D eigenvalue weighted by atomic mass is 10.1. The van der Waals surface area contributed by atoms with Gasteiger partial charge in [-0.15, -0.1) is 6.58 Å². The average Bonchev–Trinajstić information content (AvgIpc) is 2.62. The Morgan fingerprint density at radius 3 is 2.61 bits per heavy atom. The molecule has 1 N–H and O–H groups in total. The second kappa shape index (κ2) is 4.65. The Balaban J connectivity index is 1.81. The number of anilines is 1. The van der Waals surface area contributed by atoms with E-state index in [1.54, 1.807) is 6.07 Å². The maximum Gasteiger partial charge on any atom is 0.117 e. The van der Waals surface area contributed by atoms with Crippen LogP contribution in [0.5, 0.6) is 5.75 Å². The van der Waals surface area contributed by atoms with Gasteiger partial charge in [0.05, 0.1) is 0 Å². The van der Waals surface area contributed by atoms with Crippen LogP contribution in [0, 0.1) is 0 Å². The van der Waals surface area contributed by atoms with Crippen LogP contribution in [-0.2, 0) is 0 Å². The molecule has 2 fully saturated rings. The van der Waals surface area contributed by atoms with E-state index >= 15 is 0 Å². The average molecular weight is 244 g/mol. The molecule has 1 aromatic rings. The third kappa shape index (κ3) is 1.99. The van der Waals surface area contributed by atoms with Gasteiger partial charge in [-0.25, -0.2) is 0 Å². The van der Waals surface area contributed by atoms with E-state index in [2.05, 4.69) is 22.4 Å². The molecule has 2 bridgehead atoms. The summed E-state index contributed by atoms with van der Waals surface area (Å²) in [6.07, 6.45) is 4.51. The van der Waals surface area contributed by atoms with E-state index in [-0.39, 0.29) is 0 Å². The molecule has 0 aliphatic carbocycles. The number of phenolic OH excluding ortho intramolecular Hbond substituents is 1. The van der Waals surface area contributed by atoms with Crippen LogP contribution in [-0.4, -0.2) is 41.7 Å². The molecule has 0 amide bonds. The van der Waals surface area contributed by atoms with Gasteiger partial charge in [-0.1, -0.05) is 12.1 Å². The van der Waals surface area contributed by atoms with Crippen LogP contribution in [0.3, 0.4) is 0 Å². The van der Waals surface area contributed by atoms with Crippen molar-refractivity contribution < 1.29 is 5.11 Å². The molecule has 2 heterocycles. The maximum absolute atomic E-state index is 9.62. The van der Waals surface area contributed by atoms with Crippen molar-refractivity contribution in [2.75, 3.05) is 24.5 Å². The number of hydrogen-bond donors (Lipinski definition) is 1. The van der Waals surface area contributed by atoms with Crippen LogP contribution >= 0.6 is 0 Å². The van der Waals surface area contributed by atoms with Crippen molar-refractivity contribution in [3.05, 3.63) is 36.9 Å². The number of likely N-dealkylation sites (tertiary alicyclic amines) is 1. The number of phenols is 1. The van der Waals surface area contributed by atoms with Crippen molar-refractivity contribution in [2.45, 2.75) is 24.9 Å². The molecule has 2 aliphatic rings. The Morgan fingerprint density at radius 1 is 1.28 bits per heavy atom. The van der Waals surface area contributed by atoms with Gasteiger partial charge < -0.3 is 10.0 Å². The van der Waals surface area contributed by atoms with Crippen molar-refractivity contribution in [1.82, 2.24) is 4.90 Å². The number of nitrogens with zero attached hydrogens (tertiary/aromatic N) is 2. The Hall–Kier alpha value is -1.48. The standard InChI is InChI=1S/C15H20N2O/c1-2-8-16-10-13-6-7-14(11-16)17(13)12-4-3-5-15(18)9-12/h2-5,9,13-14,18H,1,6-8,10-11H2. The summed E-state index contributed by atoms with van der Waals surface area (Å²) in [6.45, 7) is 7.03. The number of piperazine rings is 1. The molecular formula is C15H20N2O. The smallest absolute Gasteiger partial charge is 0.117 e. The summed E-state index contributed by atoms with van der Waals surface area (Å²) < 4.78 is 0. The summed E-state index contributed by atoms with van der Waals surface area (Å²) in [7, 11) is 0. The molecule has 0 saturated carbocycles. The molecule has 2 atom stereocenters. The highest BCUT2D eigenvalue weighted by atomic mass is 16.3. The van der Waals surface area contributed by atoms with Crippen LogP contribution in [0.4, 0.5) is 5.69 Å². The van der Waals surface area contributed by atoms with Gasteiger partial charge in [-0.2, -0.15) is 0 Å². The molecule has 3 nitrogen and oxygen atoms in total. The van der Waals surface area contributed by atoms with E-state index in [0.29, 0.717) is 17.8 Å². The second-order valence-corrected chi connectivity index (χ2v) is 5.32. The molecule has 96 valence electrons. The molecule has 0 spiro atoms. The molecule has 18 heavy (non-hydrogen) atoms. The van der Waals surface area contributed by atoms with Gasteiger partial charge in [0.15, 0.2) is 0 Å². The van der Waals surface area contributed by atoms with E-state index in [1.165, 1.54) is 18.5 Å². The Morgan fingerprint density at radius 2 is 2.00 bits per heavy atom. The zero-order chi connectivity index (χ0) is 12.5. The Kier molecular flexibility index (Phi) is 3.00. The maximum atomic E-state index is 9.62. The largest absolute Gasteiger partial charge is 0.508 e. The highest BCUT2D eigenvalue weighted by Gasteiger charge is 2.39. The Labute approximate surface area is 108 Å². The number of benzene rings is 1. The number of fused-ring (bicyclic) bond motifs is 2. The highest BCUT2D eigenvalue weighted by molar-refractivity contribution is 5.53. The fourth-order valence-electron chi connectivity index (χ4n) is 3.40. The molecule has 0 aromatic heterocycles. The van der Waals surface area contributed by atoms with Gasteiger partial charge in [0.1, 0.15) is 5.75 Å². The molecule has 2 aliphatic heterocycles. The van der Waals surface area contributed by atoms with Crippen molar-refractivity contribution in [3.8, 4) is 5.75 Å². The first-order valence-electron chi connectivity index (χ1n) is 6.68. The lowest BCUT2D eigenvalue weighted by Gasteiger charge is -2.42. The summed E-state index contributed by atoms with van der Waals surface area (Å²) in [5.74, 6) is 0.362. The normalized spacial score (nSPS) is 27.4. The summed E-state index contributed by atoms with van der Waals surface area (Å²) >= 11 is 0. The number of hydrogen-bond acceptors (Lipinski definition) is 3. The van der Waals surface area contributed by atoms with Gasteiger partial charge in [-0.05, 0) is 25.0 Å². The third-order valence-corrected chi connectivity index (χ3v) is 4.07. The molecule has 1 aromatic carbocycles. The van der Waals surface area contributed by atoms with Gasteiger partial charge in [0, 0.05) is 43.5 Å². The van der Waals surface area contributed by atoms with E-state index in [0.717, 1.165) is 19.6 Å². The highest BCUT2D eigenvalue weighted by Crippen LogP contribution is 2.35. The molecule has 3 rings (SSSR count). The SMILES string of the molecule is C=CCN1CC2CCC(C1)N2c1cccc(O)c1. The van der Waals surface area contributed by atoms with Crippen LogP contribution in [0.1, 0.15) is 12.8 Å². The molecule has 2 saturated heterocycles. The van der Waals surface area contributed by atoms with Gasteiger partial charge >= 0.3 is 0 Å². The minimum Gasteiger partial charge on any atom is -0.508 e. The zero-order valence-electron chi connectivity index (χ0n) is 10.6. The van der Waals surface area contributed by atoms with Crippen molar-refractivity contribution in [3.63, 3.8) is 0 Å². The first-order valence-corrected chi connectivity index (χ1v) is 6.68. The van der Waals surface area contributed by atoms with Gasteiger partial charge in [-0.3, -0.25) is 4.90 Å². The summed E-state index contributed by atoms with van der Waals surface area (Å²) in [5, 5.41) is 9.62. The first-order chi connectivity index (χ1) is 8.78. The van der Waals surface area contributed by atoms with Crippen molar-refractivity contribution in [1.29, 1.82) is 0 Å². The predicted molar refractivity (Wildman–Crippen MR) is 74.0 cm³/mol. The topological polar surface area (TPSA) is 26.7 Å². The molecule has 0 radical (unpaired) electrons. The quantitative estimate of drug-likeness (QED) is 0.826. The van der Waals surface area contributed by atoms with Gasteiger partial charge in [0.25, 0.3) is 0 Å². The summed E-state index contributed by atoms with van der Waals surface area (Å²) in [5.41, 5.74) is 1.17.